The van der Waals surface area contributed by atoms with E-state index in [0.717, 1.165) is 29.4 Å². The predicted molar refractivity (Wildman–Crippen MR) is 222 cm³/mol. The van der Waals surface area contributed by atoms with E-state index in [9.17, 15) is 19.2 Å². The van der Waals surface area contributed by atoms with E-state index in [1.165, 1.54) is 12.2 Å². The fourth-order valence-corrected chi connectivity index (χ4v) is 7.50. The lowest BCUT2D eigenvalue weighted by Crippen LogP contribution is -2.35. The molecule has 2 heterocycles. The van der Waals surface area contributed by atoms with Crippen LogP contribution in [0.4, 0.5) is 0 Å². The molecule has 2 atom stereocenters. The molecule has 280 valence electrons. The molecule has 0 saturated carbocycles. The molecule has 0 radical (unpaired) electrons. The molecule has 4 aromatic rings. The Bertz CT molecular complexity index is 1910. The number of ether oxygens (including phenoxy) is 4. The summed E-state index contributed by atoms with van der Waals surface area (Å²) < 4.78 is 23.2. The van der Waals surface area contributed by atoms with Crippen molar-refractivity contribution in [2.24, 2.45) is 0 Å². The first-order valence-corrected chi connectivity index (χ1v) is 19.2. The summed E-state index contributed by atoms with van der Waals surface area (Å²) in [5, 5.41) is 0. The van der Waals surface area contributed by atoms with Gasteiger partial charge < -0.3 is 28.7 Å². The van der Waals surface area contributed by atoms with Crippen LogP contribution in [0.5, 0.6) is 23.0 Å². The molecule has 0 bridgehead atoms. The Balaban J connectivity index is 0.000000208. The standard InChI is InChI=1S/2C21H20INO4/c2*1-26-19-10-15(17(22)13-20(19)27-2)11-21(25)23-9-8-16(24)12-18(23)14-6-4-3-5-7-14/h2*3-10,13,18H,11-12H2,1-2H3. The summed E-state index contributed by atoms with van der Waals surface area (Å²) >= 11 is 4.38. The summed E-state index contributed by atoms with van der Waals surface area (Å²) in [5.74, 6) is 2.33. The molecule has 0 saturated heterocycles. The summed E-state index contributed by atoms with van der Waals surface area (Å²) in [7, 11) is 6.30. The van der Waals surface area contributed by atoms with Crippen molar-refractivity contribution in [2.45, 2.75) is 37.8 Å². The molecule has 10 nitrogen and oxygen atoms in total. The highest BCUT2D eigenvalue weighted by Gasteiger charge is 2.30. The minimum Gasteiger partial charge on any atom is -0.493 e. The molecule has 0 fully saturated rings. The Labute approximate surface area is 342 Å². The van der Waals surface area contributed by atoms with Crippen molar-refractivity contribution in [3.63, 3.8) is 0 Å². The number of halogens is 2. The molecule has 12 heteroatoms. The van der Waals surface area contributed by atoms with Crippen molar-refractivity contribution in [3.05, 3.63) is 139 Å². The Morgan fingerprint density at radius 3 is 1.24 bits per heavy atom. The van der Waals surface area contributed by atoms with Crippen molar-refractivity contribution < 1.29 is 38.1 Å². The SMILES string of the molecule is COc1cc(I)c(CC(=O)N2C=CC(=O)CC2c2ccccc2)cc1OC.COc1cc(I)c(CC(=O)N2C=CC(=O)CC2c2ccccc2)cc1OC. The average Bonchev–Trinajstić information content (AvgIpc) is 3.19. The number of ketones is 2. The summed E-state index contributed by atoms with van der Waals surface area (Å²) in [6.07, 6.45) is 7.12. The molecular formula is C42H40I2N2O8. The van der Waals surface area contributed by atoms with Gasteiger partial charge in [0.05, 0.1) is 53.4 Å². The minimum atomic E-state index is -0.283. The van der Waals surface area contributed by atoms with E-state index in [4.69, 9.17) is 18.9 Å². The quantitative estimate of drug-likeness (QED) is 0.148. The van der Waals surface area contributed by atoms with Crippen LogP contribution in [-0.2, 0) is 32.0 Å². The van der Waals surface area contributed by atoms with E-state index in [-0.39, 0.29) is 61.1 Å². The van der Waals surface area contributed by atoms with Gasteiger partial charge in [0, 0.05) is 32.4 Å². The lowest BCUT2D eigenvalue weighted by molar-refractivity contribution is -0.132. The summed E-state index contributed by atoms with van der Waals surface area (Å²) in [6, 6.07) is 26.1. The van der Waals surface area contributed by atoms with E-state index in [1.54, 1.807) is 50.6 Å². The van der Waals surface area contributed by atoms with Gasteiger partial charge >= 0.3 is 0 Å². The number of amides is 2. The second-order valence-corrected chi connectivity index (χ2v) is 14.7. The van der Waals surface area contributed by atoms with Gasteiger partial charge in [-0.25, -0.2) is 0 Å². The molecular weight excluding hydrogens is 914 g/mol. The lowest BCUT2D eigenvalue weighted by atomic mass is 9.96. The smallest absolute Gasteiger partial charge is 0.231 e. The fourth-order valence-electron chi connectivity index (χ4n) is 6.24. The molecule has 6 rings (SSSR count). The molecule has 2 aliphatic rings. The Morgan fingerprint density at radius 1 is 0.574 bits per heavy atom. The zero-order valence-corrected chi connectivity index (χ0v) is 34.6. The summed E-state index contributed by atoms with van der Waals surface area (Å²) in [5.41, 5.74) is 3.61. The first kappa shape index (κ1) is 40.5. The van der Waals surface area contributed by atoms with Crippen LogP contribution in [0.3, 0.4) is 0 Å². The molecule has 0 aromatic heterocycles. The van der Waals surface area contributed by atoms with Crippen LogP contribution in [0.2, 0.25) is 0 Å². The third kappa shape index (κ3) is 9.88. The van der Waals surface area contributed by atoms with Gasteiger partial charge in [-0.05, 0) is 104 Å². The lowest BCUT2D eigenvalue weighted by Gasteiger charge is -2.31. The van der Waals surface area contributed by atoms with E-state index in [0.29, 0.717) is 23.0 Å². The number of hydrogen-bond acceptors (Lipinski definition) is 8. The van der Waals surface area contributed by atoms with Crippen molar-refractivity contribution >= 4 is 68.6 Å². The van der Waals surface area contributed by atoms with Crippen LogP contribution in [0.15, 0.2) is 109 Å². The summed E-state index contributed by atoms with van der Waals surface area (Å²) in [6.45, 7) is 0. The largest absolute Gasteiger partial charge is 0.493 e. The van der Waals surface area contributed by atoms with Gasteiger partial charge in [0.1, 0.15) is 0 Å². The Kier molecular flexibility index (Phi) is 14.3. The van der Waals surface area contributed by atoms with Crippen LogP contribution >= 0.6 is 45.2 Å². The topological polar surface area (TPSA) is 112 Å². The van der Waals surface area contributed by atoms with Gasteiger partial charge in [0.15, 0.2) is 34.6 Å². The van der Waals surface area contributed by atoms with Crippen LogP contribution in [0, 0.1) is 7.14 Å². The highest BCUT2D eigenvalue weighted by Crippen LogP contribution is 2.35. The highest BCUT2D eigenvalue weighted by atomic mass is 127. The van der Waals surface area contributed by atoms with Crippen molar-refractivity contribution in [1.29, 1.82) is 0 Å². The van der Waals surface area contributed by atoms with Crippen molar-refractivity contribution in [1.82, 2.24) is 9.80 Å². The molecule has 0 spiro atoms. The maximum absolute atomic E-state index is 13.1. The number of allylic oxidation sites excluding steroid dienone is 2. The highest BCUT2D eigenvalue weighted by molar-refractivity contribution is 14.1. The van der Waals surface area contributed by atoms with E-state index >= 15 is 0 Å². The Hall–Kier alpha value is -4.70. The molecule has 54 heavy (non-hydrogen) atoms. The first-order chi connectivity index (χ1) is 26.1. The van der Waals surface area contributed by atoms with Crippen LogP contribution in [0.1, 0.15) is 47.2 Å². The fraction of sp³-hybridized carbons (Fsp3) is 0.238. The number of methoxy groups -OCH3 is 4. The normalized spacial score (nSPS) is 16.3. The zero-order valence-electron chi connectivity index (χ0n) is 30.3. The third-order valence-corrected chi connectivity index (χ3v) is 11.0. The van der Waals surface area contributed by atoms with Crippen molar-refractivity contribution in [3.8, 4) is 23.0 Å². The number of benzene rings is 4. The number of carbonyl (C=O) groups is 4. The third-order valence-electron chi connectivity index (χ3n) is 9.04. The molecule has 2 aliphatic heterocycles. The second kappa shape index (κ2) is 19.1. The van der Waals surface area contributed by atoms with Crippen LogP contribution in [0.25, 0.3) is 0 Å². The maximum Gasteiger partial charge on any atom is 0.231 e. The number of nitrogens with zero attached hydrogens (tertiary/aromatic N) is 2. The van der Waals surface area contributed by atoms with Crippen LogP contribution < -0.4 is 18.9 Å². The molecule has 0 aliphatic carbocycles. The van der Waals surface area contributed by atoms with Crippen LogP contribution in [-0.4, -0.2) is 61.6 Å². The minimum absolute atomic E-state index is 0.0219. The molecule has 2 amide bonds. The van der Waals surface area contributed by atoms with E-state index in [2.05, 4.69) is 45.2 Å². The molecule has 4 aromatic carbocycles. The van der Waals surface area contributed by atoms with Crippen molar-refractivity contribution in [2.75, 3.05) is 28.4 Å². The summed E-state index contributed by atoms with van der Waals surface area (Å²) in [4.78, 5) is 53.3. The van der Waals surface area contributed by atoms with Gasteiger partial charge in [-0.3, -0.25) is 19.2 Å². The predicted octanol–water partition coefficient (Wildman–Crippen LogP) is 7.81. The van der Waals surface area contributed by atoms with Gasteiger partial charge in [0.2, 0.25) is 11.8 Å². The van der Waals surface area contributed by atoms with Gasteiger partial charge in [-0.1, -0.05) is 60.7 Å². The van der Waals surface area contributed by atoms with Gasteiger partial charge in [0.25, 0.3) is 0 Å². The van der Waals surface area contributed by atoms with Gasteiger partial charge in [-0.15, -0.1) is 0 Å². The maximum atomic E-state index is 13.1. The second-order valence-electron chi connectivity index (χ2n) is 12.4. The first-order valence-electron chi connectivity index (χ1n) is 17.0. The average molecular weight is 955 g/mol. The number of hydrogen-bond donors (Lipinski definition) is 0. The number of rotatable bonds is 10. The monoisotopic (exact) mass is 954 g/mol. The van der Waals surface area contributed by atoms with E-state index < -0.39 is 0 Å². The Morgan fingerprint density at radius 2 is 0.907 bits per heavy atom. The van der Waals surface area contributed by atoms with E-state index in [1.807, 2.05) is 84.9 Å². The number of carbonyl (C=O) groups excluding carboxylic acids is 4. The molecule has 0 N–H and O–H groups in total. The zero-order chi connectivity index (χ0) is 38.8. The van der Waals surface area contributed by atoms with Gasteiger partial charge in [-0.2, -0.15) is 0 Å². The molecule has 2 unspecified atom stereocenters.